The van der Waals surface area contributed by atoms with Crippen LogP contribution in [0.5, 0.6) is 0 Å². The third-order valence-electron chi connectivity index (χ3n) is 4.48. The zero-order valence-corrected chi connectivity index (χ0v) is 15.6. The van der Waals surface area contributed by atoms with Crippen LogP contribution in [-0.4, -0.2) is 19.9 Å². The second-order valence-electron chi connectivity index (χ2n) is 7.55. The van der Waals surface area contributed by atoms with Crippen LogP contribution in [0.2, 0.25) is 0 Å². The molecule has 0 aliphatic rings. The number of aryl methyl sites for hydroxylation is 1. The van der Waals surface area contributed by atoms with E-state index >= 15 is 0 Å². The predicted octanol–water partition coefficient (Wildman–Crippen LogP) is 3.33. The first-order chi connectivity index (χ1) is 12.8. The highest BCUT2D eigenvalue weighted by Crippen LogP contribution is 2.25. The number of carbonyl (C=O) groups excluding carboxylic acids is 1. The topological polar surface area (TPSA) is 81.5 Å². The van der Waals surface area contributed by atoms with E-state index in [2.05, 4.69) is 31.1 Å². The summed E-state index contributed by atoms with van der Waals surface area (Å²) in [5, 5.41) is 2.85. The van der Waals surface area contributed by atoms with E-state index in [1.807, 2.05) is 28.8 Å². The highest BCUT2D eigenvalue weighted by atomic mass is 16.4. The Balaban J connectivity index is 1.74. The number of imidazole rings is 1. The van der Waals surface area contributed by atoms with Gasteiger partial charge in [0.15, 0.2) is 11.3 Å². The lowest BCUT2D eigenvalue weighted by molar-refractivity contribution is 0.102. The average molecular weight is 364 g/mol. The van der Waals surface area contributed by atoms with E-state index in [-0.39, 0.29) is 11.3 Å². The quantitative estimate of drug-likeness (QED) is 0.591. The van der Waals surface area contributed by atoms with Crippen molar-refractivity contribution < 1.29 is 9.21 Å². The third-order valence-corrected chi connectivity index (χ3v) is 4.48. The van der Waals surface area contributed by atoms with Crippen LogP contribution in [0.4, 0.5) is 5.69 Å². The van der Waals surface area contributed by atoms with Gasteiger partial charge in [0.05, 0.1) is 11.0 Å². The Hall–Kier alpha value is -3.35. The second-order valence-corrected chi connectivity index (χ2v) is 7.55. The van der Waals surface area contributed by atoms with Crippen LogP contribution in [0, 0.1) is 0 Å². The molecular formula is C20H20N4O3. The summed E-state index contributed by atoms with van der Waals surface area (Å²) in [6.07, 6.45) is 1.91. The molecule has 0 saturated heterocycles. The van der Waals surface area contributed by atoms with E-state index in [0.29, 0.717) is 22.5 Å². The maximum absolute atomic E-state index is 12.9. The fourth-order valence-electron chi connectivity index (χ4n) is 3.14. The van der Waals surface area contributed by atoms with Gasteiger partial charge >= 0.3 is 5.76 Å². The van der Waals surface area contributed by atoms with Gasteiger partial charge in [-0.3, -0.25) is 9.36 Å². The van der Waals surface area contributed by atoms with E-state index in [0.717, 1.165) is 11.3 Å². The molecule has 4 aromatic rings. The van der Waals surface area contributed by atoms with Crippen molar-refractivity contribution in [2.24, 2.45) is 7.05 Å². The molecular weight excluding hydrogens is 344 g/mol. The molecule has 0 saturated carbocycles. The standard InChI is InChI=1S/C20H20N4O3/c1-20(2,3)18-22-16(14-7-5-6-10-24(14)18)17(25)21-12-8-9-13-15(11-12)27-19(26)23(13)4/h5-11H,1-4H3,(H,21,25). The summed E-state index contributed by atoms with van der Waals surface area (Å²) in [6.45, 7) is 6.17. The van der Waals surface area contributed by atoms with Crippen molar-refractivity contribution in [3.63, 3.8) is 0 Å². The van der Waals surface area contributed by atoms with Crippen LogP contribution in [0.3, 0.4) is 0 Å². The molecule has 3 aromatic heterocycles. The summed E-state index contributed by atoms with van der Waals surface area (Å²) in [5.41, 5.74) is 2.51. The first-order valence-corrected chi connectivity index (χ1v) is 8.64. The summed E-state index contributed by atoms with van der Waals surface area (Å²) in [7, 11) is 1.64. The highest BCUT2D eigenvalue weighted by molar-refractivity contribution is 6.08. The number of fused-ring (bicyclic) bond motifs is 2. The van der Waals surface area contributed by atoms with Gasteiger partial charge in [-0.25, -0.2) is 9.78 Å². The second kappa shape index (κ2) is 5.84. The number of carbonyl (C=O) groups is 1. The van der Waals surface area contributed by atoms with Crippen LogP contribution in [0.1, 0.15) is 37.1 Å². The fourth-order valence-corrected chi connectivity index (χ4v) is 3.14. The van der Waals surface area contributed by atoms with Gasteiger partial charge in [0.2, 0.25) is 0 Å². The molecule has 0 bridgehead atoms. The summed E-state index contributed by atoms with van der Waals surface area (Å²) < 4.78 is 8.54. The molecule has 7 heteroatoms. The van der Waals surface area contributed by atoms with Crippen molar-refractivity contribution in [1.82, 2.24) is 14.0 Å². The normalized spacial score (nSPS) is 12.0. The van der Waals surface area contributed by atoms with Crippen molar-refractivity contribution in [1.29, 1.82) is 0 Å². The van der Waals surface area contributed by atoms with Gasteiger partial charge in [-0.2, -0.15) is 0 Å². The van der Waals surface area contributed by atoms with Gasteiger partial charge in [-0.15, -0.1) is 0 Å². The average Bonchev–Trinajstić information content (AvgIpc) is 3.13. The van der Waals surface area contributed by atoms with Crippen molar-refractivity contribution in [3.05, 3.63) is 64.7 Å². The van der Waals surface area contributed by atoms with E-state index in [1.54, 1.807) is 25.2 Å². The van der Waals surface area contributed by atoms with Crippen molar-refractivity contribution in [3.8, 4) is 0 Å². The molecule has 138 valence electrons. The maximum Gasteiger partial charge on any atom is 0.419 e. The van der Waals surface area contributed by atoms with Gasteiger partial charge in [0, 0.05) is 30.4 Å². The van der Waals surface area contributed by atoms with Crippen LogP contribution >= 0.6 is 0 Å². The molecule has 27 heavy (non-hydrogen) atoms. The lowest BCUT2D eigenvalue weighted by atomic mass is 9.96. The van der Waals surface area contributed by atoms with Gasteiger partial charge in [0.25, 0.3) is 5.91 Å². The molecule has 0 aliphatic heterocycles. The largest absolute Gasteiger partial charge is 0.419 e. The maximum atomic E-state index is 12.9. The van der Waals surface area contributed by atoms with Gasteiger partial charge in [-0.1, -0.05) is 26.8 Å². The van der Waals surface area contributed by atoms with Gasteiger partial charge in [0.1, 0.15) is 5.82 Å². The number of rotatable bonds is 2. The predicted molar refractivity (Wildman–Crippen MR) is 103 cm³/mol. The summed E-state index contributed by atoms with van der Waals surface area (Å²) in [5.74, 6) is 0.0583. The lowest BCUT2D eigenvalue weighted by Gasteiger charge is -2.16. The Morgan fingerprint density at radius 3 is 2.67 bits per heavy atom. The highest BCUT2D eigenvalue weighted by Gasteiger charge is 2.25. The Labute approximate surface area is 155 Å². The van der Waals surface area contributed by atoms with Crippen molar-refractivity contribution >= 4 is 28.2 Å². The molecule has 0 aliphatic carbocycles. The number of aromatic nitrogens is 3. The SMILES string of the molecule is Cn1c(=O)oc2cc(NC(=O)c3nc(C(C)(C)C)n4ccccc34)ccc21. The number of nitrogens with one attached hydrogen (secondary N) is 1. The number of hydrogen-bond donors (Lipinski definition) is 1. The summed E-state index contributed by atoms with van der Waals surface area (Å²) in [6, 6.07) is 10.8. The number of benzene rings is 1. The van der Waals surface area contributed by atoms with E-state index in [4.69, 9.17) is 4.42 Å². The molecule has 4 rings (SSSR count). The van der Waals surface area contributed by atoms with E-state index in [9.17, 15) is 9.59 Å². The Bertz CT molecular complexity index is 1240. The zero-order valence-electron chi connectivity index (χ0n) is 15.6. The van der Waals surface area contributed by atoms with Crippen molar-refractivity contribution in [2.45, 2.75) is 26.2 Å². The first-order valence-electron chi connectivity index (χ1n) is 8.64. The first kappa shape index (κ1) is 17.1. The van der Waals surface area contributed by atoms with Crippen LogP contribution in [0.25, 0.3) is 16.6 Å². The van der Waals surface area contributed by atoms with Crippen molar-refractivity contribution in [2.75, 3.05) is 5.32 Å². The van der Waals surface area contributed by atoms with Crippen LogP contribution in [-0.2, 0) is 12.5 Å². The number of anilines is 1. The minimum Gasteiger partial charge on any atom is -0.408 e. The van der Waals surface area contributed by atoms with E-state index in [1.165, 1.54) is 4.57 Å². The third kappa shape index (κ3) is 2.81. The summed E-state index contributed by atoms with van der Waals surface area (Å²) >= 11 is 0. The number of hydrogen-bond acceptors (Lipinski definition) is 4. The Kier molecular flexibility index (Phi) is 3.69. The molecule has 7 nitrogen and oxygen atoms in total. The lowest BCUT2D eigenvalue weighted by Crippen LogP contribution is -2.16. The molecule has 1 amide bonds. The molecule has 3 heterocycles. The smallest absolute Gasteiger partial charge is 0.408 e. The molecule has 1 N–H and O–H groups in total. The Morgan fingerprint density at radius 2 is 1.93 bits per heavy atom. The number of oxazole rings is 1. The molecule has 0 radical (unpaired) electrons. The molecule has 0 spiro atoms. The molecule has 0 fully saturated rings. The number of pyridine rings is 1. The van der Waals surface area contributed by atoms with Gasteiger partial charge in [-0.05, 0) is 24.3 Å². The number of nitrogens with zero attached hydrogens (tertiary/aromatic N) is 3. The molecule has 0 atom stereocenters. The molecule has 0 unspecified atom stereocenters. The van der Waals surface area contributed by atoms with Gasteiger partial charge < -0.3 is 14.1 Å². The monoisotopic (exact) mass is 364 g/mol. The van der Waals surface area contributed by atoms with E-state index < -0.39 is 5.76 Å². The summed E-state index contributed by atoms with van der Waals surface area (Å²) in [4.78, 5) is 29.1. The molecule has 1 aromatic carbocycles. The minimum atomic E-state index is -0.441. The fraction of sp³-hybridized carbons (Fsp3) is 0.250. The number of amides is 1. The zero-order chi connectivity index (χ0) is 19.3. The van der Waals surface area contributed by atoms with Crippen LogP contribution < -0.4 is 11.1 Å². The Morgan fingerprint density at radius 1 is 1.15 bits per heavy atom. The van der Waals surface area contributed by atoms with Crippen LogP contribution in [0.15, 0.2) is 51.8 Å². The minimum absolute atomic E-state index is 0.213.